The summed E-state index contributed by atoms with van der Waals surface area (Å²) in [7, 11) is 0. The molecule has 4 nitrogen and oxygen atoms in total. The Morgan fingerprint density at radius 1 is 1.19 bits per heavy atom. The number of hydrogen-bond acceptors (Lipinski definition) is 4. The van der Waals surface area contributed by atoms with Gasteiger partial charge in [0.25, 0.3) is 0 Å². The minimum Gasteiger partial charge on any atom is -0.492 e. The monoisotopic (exact) mass is 304 g/mol. The molecule has 0 aromatic heterocycles. The van der Waals surface area contributed by atoms with Crippen LogP contribution in [0.2, 0.25) is 5.02 Å². The highest BCUT2D eigenvalue weighted by Gasteiger charge is 2.17. The number of rotatable bonds is 4. The van der Waals surface area contributed by atoms with Crippen LogP contribution in [0.3, 0.4) is 0 Å². The van der Waals surface area contributed by atoms with E-state index in [1.807, 2.05) is 42.5 Å². The normalized spacial score (nSPS) is 13.5. The fourth-order valence-corrected chi connectivity index (χ4v) is 2.46. The maximum Gasteiger partial charge on any atom is 0.144 e. The Hall–Kier alpha value is -2.07. The van der Waals surface area contributed by atoms with E-state index in [1.54, 1.807) is 0 Å². The van der Waals surface area contributed by atoms with Crippen molar-refractivity contribution >= 4 is 23.0 Å². The second kappa shape index (κ2) is 6.14. The highest BCUT2D eigenvalue weighted by molar-refractivity contribution is 6.30. The second-order valence-corrected chi connectivity index (χ2v) is 5.30. The molecule has 0 radical (unpaired) electrons. The fourth-order valence-electron chi connectivity index (χ4n) is 2.33. The standard InChI is InChI=1S/C16H17ClN2O2/c17-12-1-4-14(5-2-12)20-9-7-19-8-10-21-16-11-13(18)3-6-15(16)19/h1-6,11H,7-10,18H2. The van der Waals surface area contributed by atoms with Gasteiger partial charge in [-0.15, -0.1) is 0 Å². The van der Waals surface area contributed by atoms with E-state index in [4.69, 9.17) is 26.8 Å². The van der Waals surface area contributed by atoms with Crippen LogP contribution in [0.5, 0.6) is 11.5 Å². The first-order valence-electron chi connectivity index (χ1n) is 6.88. The predicted molar refractivity (Wildman–Crippen MR) is 85.5 cm³/mol. The molecule has 1 aliphatic rings. The predicted octanol–water partition coefficient (Wildman–Crippen LogP) is 3.20. The van der Waals surface area contributed by atoms with Crippen molar-refractivity contribution in [1.82, 2.24) is 0 Å². The zero-order valence-corrected chi connectivity index (χ0v) is 12.3. The van der Waals surface area contributed by atoms with Crippen LogP contribution in [0, 0.1) is 0 Å². The van der Waals surface area contributed by atoms with Crippen LogP contribution < -0.4 is 20.1 Å². The van der Waals surface area contributed by atoms with Gasteiger partial charge in [0.05, 0.1) is 18.8 Å². The molecule has 110 valence electrons. The number of benzene rings is 2. The summed E-state index contributed by atoms with van der Waals surface area (Å²) >= 11 is 5.85. The molecule has 2 aromatic rings. The number of ether oxygens (including phenoxy) is 2. The Bertz CT molecular complexity index is 616. The molecule has 21 heavy (non-hydrogen) atoms. The minimum absolute atomic E-state index is 0.603. The molecule has 0 bridgehead atoms. The number of nitrogens with two attached hydrogens (primary N) is 1. The van der Waals surface area contributed by atoms with Crippen molar-refractivity contribution in [1.29, 1.82) is 0 Å². The molecule has 1 heterocycles. The molecule has 2 aromatic carbocycles. The van der Waals surface area contributed by atoms with Gasteiger partial charge in [-0.25, -0.2) is 0 Å². The summed E-state index contributed by atoms with van der Waals surface area (Å²) < 4.78 is 11.4. The number of nitrogen functional groups attached to an aromatic ring is 1. The summed E-state index contributed by atoms with van der Waals surface area (Å²) in [5.74, 6) is 1.66. The zero-order chi connectivity index (χ0) is 14.7. The van der Waals surface area contributed by atoms with Gasteiger partial charge in [0.1, 0.15) is 24.7 Å². The summed E-state index contributed by atoms with van der Waals surface area (Å²) in [6.45, 7) is 2.91. The van der Waals surface area contributed by atoms with Gasteiger partial charge >= 0.3 is 0 Å². The molecule has 0 fully saturated rings. The molecule has 0 spiro atoms. The lowest BCUT2D eigenvalue weighted by molar-refractivity contribution is 0.288. The Morgan fingerprint density at radius 3 is 2.81 bits per heavy atom. The molecule has 0 saturated carbocycles. The molecular weight excluding hydrogens is 288 g/mol. The average Bonchev–Trinajstić information content (AvgIpc) is 2.49. The van der Waals surface area contributed by atoms with Crippen LogP contribution in [-0.4, -0.2) is 26.3 Å². The lowest BCUT2D eigenvalue weighted by atomic mass is 10.2. The van der Waals surface area contributed by atoms with E-state index in [0.29, 0.717) is 23.9 Å². The third-order valence-corrected chi connectivity index (χ3v) is 3.64. The van der Waals surface area contributed by atoms with Gasteiger partial charge in [-0.1, -0.05) is 11.6 Å². The van der Waals surface area contributed by atoms with Crippen molar-refractivity contribution in [2.45, 2.75) is 0 Å². The molecule has 0 unspecified atom stereocenters. The first-order chi connectivity index (χ1) is 10.2. The van der Waals surface area contributed by atoms with E-state index in [-0.39, 0.29) is 0 Å². The Labute approximate surface area is 129 Å². The van der Waals surface area contributed by atoms with Crippen LogP contribution in [0.15, 0.2) is 42.5 Å². The number of fused-ring (bicyclic) bond motifs is 1. The highest BCUT2D eigenvalue weighted by Crippen LogP contribution is 2.33. The first-order valence-corrected chi connectivity index (χ1v) is 7.26. The second-order valence-electron chi connectivity index (χ2n) is 4.87. The van der Waals surface area contributed by atoms with E-state index < -0.39 is 0 Å². The third kappa shape index (κ3) is 3.34. The van der Waals surface area contributed by atoms with Crippen molar-refractivity contribution in [2.24, 2.45) is 0 Å². The summed E-state index contributed by atoms with van der Waals surface area (Å²) in [5, 5.41) is 0.710. The van der Waals surface area contributed by atoms with Crippen LogP contribution in [-0.2, 0) is 0 Å². The first kappa shape index (κ1) is 13.9. The fraction of sp³-hybridized carbons (Fsp3) is 0.250. The maximum atomic E-state index is 5.85. The van der Waals surface area contributed by atoms with Gasteiger partial charge < -0.3 is 20.1 Å². The summed E-state index contributed by atoms with van der Waals surface area (Å²) in [4.78, 5) is 2.24. The number of anilines is 2. The van der Waals surface area contributed by atoms with E-state index >= 15 is 0 Å². The van der Waals surface area contributed by atoms with Crippen molar-refractivity contribution in [3.8, 4) is 11.5 Å². The van der Waals surface area contributed by atoms with Gasteiger partial charge in [-0.3, -0.25) is 0 Å². The molecule has 5 heteroatoms. The number of nitrogens with zero attached hydrogens (tertiary/aromatic N) is 1. The Morgan fingerprint density at radius 2 is 2.00 bits per heavy atom. The van der Waals surface area contributed by atoms with Crippen molar-refractivity contribution < 1.29 is 9.47 Å². The van der Waals surface area contributed by atoms with Crippen molar-refractivity contribution in [2.75, 3.05) is 36.9 Å². The van der Waals surface area contributed by atoms with Crippen LogP contribution in [0.4, 0.5) is 11.4 Å². The lowest BCUT2D eigenvalue weighted by Gasteiger charge is -2.31. The van der Waals surface area contributed by atoms with Crippen LogP contribution in [0.1, 0.15) is 0 Å². The molecule has 1 aliphatic heterocycles. The molecule has 0 amide bonds. The number of halogens is 1. The van der Waals surface area contributed by atoms with Gasteiger partial charge in [0.2, 0.25) is 0 Å². The molecule has 3 rings (SSSR count). The highest BCUT2D eigenvalue weighted by atomic mass is 35.5. The van der Waals surface area contributed by atoms with Crippen LogP contribution >= 0.6 is 11.6 Å². The summed E-state index contributed by atoms with van der Waals surface area (Å²) in [6.07, 6.45) is 0. The van der Waals surface area contributed by atoms with E-state index in [0.717, 1.165) is 30.3 Å². The Balaban J connectivity index is 1.60. The topological polar surface area (TPSA) is 47.7 Å². The molecule has 0 aliphatic carbocycles. The number of hydrogen-bond donors (Lipinski definition) is 1. The smallest absolute Gasteiger partial charge is 0.144 e. The Kier molecular flexibility index (Phi) is 4.06. The van der Waals surface area contributed by atoms with E-state index in [2.05, 4.69) is 4.90 Å². The van der Waals surface area contributed by atoms with E-state index in [9.17, 15) is 0 Å². The molecule has 2 N–H and O–H groups in total. The third-order valence-electron chi connectivity index (χ3n) is 3.39. The lowest BCUT2D eigenvalue weighted by Crippen LogP contribution is -2.35. The SMILES string of the molecule is Nc1ccc2c(c1)OCCN2CCOc1ccc(Cl)cc1. The summed E-state index contributed by atoms with van der Waals surface area (Å²) in [5.41, 5.74) is 7.56. The van der Waals surface area contributed by atoms with Gasteiger partial charge in [0, 0.05) is 16.8 Å². The molecule has 0 atom stereocenters. The largest absolute Gasteiger partial charge is 0.492 e. The average molecular weight is 305 g/mol. The minimum atomic E-state index is 0.603. The zero-order valence-electron chi connectivity index (χ0n) is 11.6. The van der Waals surface area contributed by atoms with Crippen molar-refractivity contribution in [3.63, 3.8) is 0 Å². The van der Waals surface area contributed by atoms with E-state index in [1.165, 1.54) is 0 Å². The summed E-state index contributed by atoms with van der Waals surface area (Å²) in [6, 6.07) is 13.1. The maximum absolute atomic E-state index is 5.85. The molecular formula is C16H17ClN2O2. The van der Waals surface area contributed by atoms with Gasteiger partial charge in [-0.2, -0.15) is 0 Å². The quantitative estimate of drug-likeness (QED) is 0.881. The van der Waals surface area contributed by atoms with Crippen LogP contribution in [0.25, 0.3) is 0 Å². The van der Waals surface area contributed by atoms with Gasteiger partial charge in [-0.05, 0) is 36.4 Å². The molecule has 0 saturated heterocycles. The van der Waals surface area contributed by atoms with Crippen molar-refractivity contribution in [3.05, 3.63) is 47.5 Å². The van der Waals surface area contributed by atoms with Gasteiger partial charge in [0.15, 0.2) is 0 Å².